The summed E-state index contributed by atoms with van der Waals surface area (Å²) in [5, 5.41) is 22.9. The fraction of sp³-hybridized carbons (Fsp3) is 0.214. The maximum Gasteiger partial charge on any atom is 0.292 e. The van der Waals surface area contributed by atoms with Gasteiger partial charge in [0, 0.05) is 22.4 Å². The second kappa shape index (κ2) is 5.72. The smallest absolute Gasteiger partial charge is 0.292 e. The second-order valence-electron chi connectivity index (χ2n) is 4.41. The van der Waals surface area contributed by atoms with Gasteiger partial charge in [-0.25, -0.2) is 0 Å². The van der Waals surface area contributed by atoms with Gasteiger partial charge in [0.25, 0.3) is 5.69 Å². The van der Waals surface area contributed by atoms with Crippen molar-refractivity contribution in [1.82, 2.24) is 0 Å². The molecule has 0 aliphatic heterocycles. The molecular formula is C14H13N3O2S. The van der Waals surface area contributed by atoms with Gasteiger partial charge in [-0.1, -0.05) is 0 Å². The van der Waals surface area contributed by atoms with Crippen LogP contribution in [-0.2, 0) is 6.54 Å². The maximum atomic E-state index is 11.0. The summed E-state index contributed by atoms with van der Waals surface area (Å²) in [4.78, 5) is 12.9. The van der Waals surface area contributed by atoms with Crippen LogP contribution in [0.4, 0.5) is 11.4 Å². The van der Waals surface area contributed by atoms with Crippen molar-refractivity contribution < 1.29 is 4.92 Å². The first-order valence-electron chi connectivity index (χ1n) is 5.99. The minimum absolute atomic E-state index is 0.0194. The molecule has 0 saturated carbocycles. The molecule has 0 saturated heterocycles. The molecule has 1 N–H and O–H groups in total. The average molecular weight is 287 g/mol. The minimum Gasteiger partial charge on any atom is -0.375 e. The molecule has 0 aliphatic rings. The number of nitriles is 1. The lowest BCUT2D eigenvalue weighted by atomic mass is 10.2. The van der Waals surface area contributed by atoms with Gasteiger partial charge in [-0.15, -0.1) is 11.3 Å². The molecule has 6 heteroatoms. The third-order valence-corrected chi connectivity index (χ3v) is 4.14. The molecular weight excluding hydrogens is 274 g/mol. The van der Waals surface area contributed by atoms with Gasteiger partial charge in [0.2, 0.25) is 0 Å². The van der Waals surface area contributed by atoms with Gasteiger partial charge in [-0.3, -0.25) is 10.1 Å². The molecule has 1 heterocycles. The quantitative estimate of drug-likeness (QED) is 0.686. The summed E-state index contributed by atoms with van der Waals surface area (Å²) in [5.74, 6) is 0. The monoisotopic (exact) mass is 287 g/mol. The van der Waals surface area contributed by atoms with E-state index in [1.54, 1.807) is 11.3 Å². The Hall–Kier alpha value is -2.39. The fourth-order valence-electron chi connectivity index (χ4n) is 1.83. The van der Waals surface area contributed by atoms with Crippen molar-refractivity contribution in [2.45, 2.75) is 20.4 Å². The number of anilines is 1. The number of aryl methyl sites for hydroxylation is 2. The topological polar surface area (TPSA) is 79.0 Å². The molecule has 0 unspecified atom stereocenters. The van der Waals surface area contributed by atoms with Crippen molar-refractivity contribution in [2.75, 3.05) is 5.32 Å². The van der Waals surface area contributed by atoms with Crippen molar-refractivity contribution in [3.63, 3.8) is 0 Å². The van der Waals surface area contributed by atoms with Crippen molar-refractivity contribution in [2.24, 2.45) is 0 Å². The normalized spacial score (nSPS) is 10.1. The molecule has 5 nitrogen and oxygen atoms in total. The van der Waals surface area contributed by atoms with E-state index in [4.69, 9.17) is 5.26 Å². The van der Waals surface area contributed by atoms with E-state index in [-0.39, 0.29) is 5.69 Å². The van der Waals surface area contributed by atoms with Gasteiger partial charge < -0.3 is 5.32 Å². The predicted molar refractivity (Wildman–Crippen MR) is 78.9 cm³/mol. The first kappa shape index (κ1) is 14.0. The SMILES string of the molecule is Cc1cc(CNc2cc(C#N)ccc2[N+](=O)[O-])sc1C. The minimum atomic E-state index is -0.450. The standard InChI is InChI=1S/C14H13N3O2S/c1-9-5-12(20-10(9)2)8-16-13-6-11(7-15)3-4-14(13)17(18)19/h3-6,16H,8H2,1-2H3. The summed E-state index contributed by atoms with van der Waals surface area (Å²) < 4.78 is 0. The molecule has 2 rings (SSSR count). The lowest BCUT2D eigenvalue weighted by Gasteiger charge is -2.06. The summed E-state index contributed by atoms with van der Waals surface area (Å²) in [7, 11) is 0. The molecule has 0 radical (unpaired) electrons. The summed E-state index contributed by atoms with van der Waals surface area (Å²) in [5.41, 5.74) is 1.97. The van der Waals surface area contributed by atoms with E-state index in [1.807, 2.05) is 19.9 Å². The number of nitrogens with zero attached hydrogens (tertiary/aromatic N) is 2. The first-order valence-corrected chi connectivity index (χ1v) is 6.81. The van der Waals surface area contributed by atoms with E-state index in [0.717, 1.165) is 4.88 Å². The fourth-order valence-corrected chi connectivity index (χ4v) is 2.82. The van der Waals surface area contributed by atoms with E-state index in [0.29, 0.717) is 17.8 Å². The third kappa shape index (κ3) is 2.95. The van der Waals surface area contributed by atoms with Crippen LogP contribution in [-0.4, -0.2) is 4.92 Å². The second-order valence-corrected chi connectivity index (χ2v) is 5.75. The van der Waals surface area contributed by atoms with Crippen molar-refractivity contribution >= 4 is 22.7 Å². The van der Waals surface area contributed by atoms with Crippen LogP contribution in [0.3, 0.4) is 0 Å². The highest BCUT2D eigenvalue weighted by Gasteiger charge is 2.14. The average Bonchev–Trinajstić information content (AvgIpc) is 2.75. The molecule has 0 fully saturated rings. The maximum absolute atomic E-state index is 11.0. The molecule has 1 aromatic heterocycles. The molecule has 0 spiro atoms. The van der Waals surface area contributed by atoms with Crippen LogP contribution in [0.25, 0.3) is 0 Å². The lowest BCUT2D eigenvalue weighted by Crippen LogP contribution is -2.02. The first-order chi connectivity index (χ1) is 9.51. The molecule has 2 aromatic rings. The van der Waals surface area contributed by atoms with E-state index in [2.05, 4.69) is 11.4 Å². The van der Waals surface area contributed by atoms with Crippen LogP contribution in [0.5, 0.6) is 0 Å². The van der Waals surface area contributed by atoms with Crippen LogP contribution in [0, 0.1) is 35.3 Å². The zero-order valence-electron chi connectivity index (χ0n) is 11.1. The molecule has 0 aliphatic carbocycles. The highest BCUT2D eigenvalue weighted by molar-refractivity contribution is 7.12. The molecule has 0 bridgehead atoms. The molecule has 20 heavy (non-hydrogen) atoms. The van der Waals surface area contributed by atoms with Crippen molar-refractivity contribution in [3.05, 3.63) is 55.3 Å². The van der Waals surface area contributed by atoms with Gasteiger partial charge in [-0.2, -0.15) is 5.26 Å². The number of nitro groups is 1. The van der Waals surface area contributed by atoms with Crippen LogP contribution in [0.1, 0.15) is 20.9 Å². The van der Waals surface area contributed by atoms with Crippen molar-refractivity contribution in [3.8, 4) is 6.07 Å². The molecule has 0 amide bonds. The van der Waals surface area contributed by atoms with E-state index in [9.17, 15) is 10.1 Å². The summed E-state index contributed by atoms with van der Waals surface area (Å²) in [6.07, 6.45) is 0. The summed E-state index contributed by atoms with van der Waals surface area (Å²) >= 11 is 1.66. The van der Waals surface area contributed by atoms with Gasteiger partial charge in [0.05, 0.1) is 16.6 Å². The highest BCUT2D eigenvalue weighted by atomic mass is 32.1. The van der Waals surface area contributed by atoms with Crippen LogP contribution < -0.4 is 5.32 Å². The van der Waals surface area contributed by atoms with Crippen LogP contribution in [0.2, 0.25) is 0 Å². The molecule has 0 atom stereocenters. The van der Waals surface area contributed by atoms with Gasteiger partial charge >= 0.3 is 0 Å². The van der Waals surface area contributed by atoms with Crippen LogP contribution in [0.15, 0.2) is 24.3 Å². The number of hydrogen-bond acceptors (Lipinski definition) is 5. The van der Waals surface area contributed by atoms with Gasteiger partial charge in [0.15, 0.2) is 0 Å². The number of hydrogen-bond donors (Lipinski definition) is 1. The number of nitrogens with one attached hydrogen (secondary N) is 1. The Morgan fingerprint density at radius 3 is 2.70 bits per heavy atom. The predicted octanol–water partition coefficient (Wildman–Crippen LogP) is 3.76. The number of nitro benzene ring substituents is 1. The Labute approximate surface area is 120 Å². The Kier molecular flexibility index (Phi) is 4.01. The largest absolute Gasteiger partial charge is 0.375 e. The third-order valence-electron chi connectivity index (χ3n) is 2.99. The Morgan fingerprint density at radius 2 is 2.15 bits per heavy atom. The Bertz CT molecular complexity index is 681. The van der Waals surface area contributed by atoms with Crippen molar-refractivity contribution in [1.29, 1.82) is 5.26 Å². The zero-order chi connectivity index (χ0) is 14.7. The van der Waals surface area contributed by atoms with E-state index in [1.165, 1.54) is 28.6 Å². The van der Waals surface area contributed by atoms with Gasteiger partial charge in [-0.05, 0) is 37.6 Å². The Balaban J connectivity index is 2.23. The van der Waals surface area contributed by atoms with Gasteiger partial charge in [0.1, 0.15) is 5.69 Å². The number of rotatable bonds is 4. The molecule has 102 valence electrons. The number of thiophene rings is 1. The van der Waals surface area contributed by atoms with E-state index >= 15 is 0 Å². The van der Waals surface area contributed by atoms with E-state index < -0.39 is 4.92 Å². The van der Waals surface area contributed by atoms with Crippen LogP contribution >= 0.6 is 11.3 Å². The summed E-state index contributed by atoms with van der Waals surface area (Å²) in [6.45, 7) is 4.59. The lowest BCUT2D eigenvalue weighted by molar-refractivity contribution is -0.384. The Morgan fingerprint density at radius 1 is 1.40 bits per heavy atom. The zero-order valence-corrected chi connectivity index (χ0v) is 12.0. The molecule has 1 aromatic carbocycles. The summed E-state index contributed by atoms with van der Waals surface area (Å²) in [6, 6.07) is 8.35. The highest BCUT2D eigenvalue weighted by Crippen LogP contribution is 2.27. The number of benzene rings is 1.